The van der Waals surface area contributed by atoms with E-state index >= 15 is 0 Å². The number of nitrogens with two attached hydrogens (primary N) is 1. The van der Waals surface area contributed by atoms with Gasteiger partial charge >= 0.3 is 0 Å². The Morgan fingerprint density at radius 2 is 2.21 bits per heavy atom. The number of nitrogens with zero attached hydrogens (tertiary/aromatic N) is 1. The number of aromatic nitrogens is 1. The van der Waals surface area contributed by atoms with Crippen molar-refractivity contribution in [2.24, 2.45) is 11.1 Å². The minimum Gasteiger partial charge on any atom is -0.356 e. The van der Waals surface area contributed by atoms with Gasteiger partial charge in [-0.3, -0.25) is 4.79 Å². The first-order valence-corrected chi connectivity index (χ1v) is 7.97. The van der Waals surface area contributed by atoms with Crippen molar-refractivity contribution in [3.63, 3.8) is 0 Å². The van der Waals surface area contributed by atoms with Crippen LogP contribution in [0.4, 0.5) is 0 Å². The predicted octanol–water partition coefficient (Wildman–Crippen LogP) is 2.10. The Morgan fingerprint density at radius 3 is 2.84 bits per heavy atom. The van der Waals surface area contributed by atoms with E-state index in [2.05, 4.69) is 10.3 Å². The van der Waals surface area contributed by atoms with Gasteiger partial charge in [-0.1, -0.05) is 19.3 Å². The van der Waals surface area contributed by atoms with Gasteiger partial charge in [0.05, 0.1) is 5.01 Å². The van der Waals surface area contributed by atoms with Crippen molar-refractivity contribution >= 4 is 17.2 Å². The average molecular weight is 281 g/mol. The molecule has 1 aliphatic rings. The molecule has 5 heteroatoms. The molecule has 1 aromatic rings. The third kappa shape index (κ3) is 4.28. The maximum Gasteiger partial charge on any atom is 0.220 e. The molecule has 1 fully saturated rings. The minimum absolute atomic E-state index is 0.0590. The Bertz CT molecular complexity index is 385. The van der Waals surface area contributed by atoms with Crippen molar-refractivity contribution in [2.75, 3.05) is 13.1 Å². The third-order valence-corrected chi connectivity index (χ3v) is 4.87. The maximum atomic E-state index is 12.0. The molecule has 0 aromatic carbocycles. The molecule has 3 N–H and O–H groups in total. The van der Waals surface area contributed by atoms with E-state index in [-0.39, 0.29) is 11.3 Å². The molecule has 1 saturated carbocycles. The van der Waals surface area contributed by atoms with E-state index in [1.165, 1.54) is 19.3 Å². The highest BCUT2D eigenvalue weighted by atomic mass is 32.1. The molecule has 0 spiro atoms. The largest absolute Gasteiger partial charge is 0.356 e. The molecule has 1 heterocycles. The molecule has 1 aliphatic carbocycles. The number of amides is 1. The maximum absolute atomic E-state index is 12.0. The van der Waals surface area contributed by atoms with E-state index < -0.39 is 0 Å². The van der Waals surface area contributed by atoms with Gasteiger partial charge in [0, 0.05) is 31.0 Å². The van der Waals surface area contributed by atoms with Crippen molar-refractivity contribution in [2.45, 2.75) is 44.9 Å². The first-order valence-electron chi connectivity index (χ1n) is 7.09. The summed E-state index contributed by atoms with van der Waals surface area (Å²) < 4.78 is 0. The Hall–Kier alpha value is -0.940. The SMILES string of the molecule is NCC1(CC(=O)NCCc2nccs2)CCCCC1. The highest BCUT2D eigenvalue weighted by molar-refractivity contribution is 7.09. The van der Waals surface area contributed by atoms with Crippen LogP contribution in [0.3, 0.4) is 0 Å². The van der Waals surface area contributed by atoms with Gasteiger partial charge in [-0.15, -0.1) is 11.3 Å². The molecule has 1 aromatic heterocycles. The van der Waals surface area contributed by atoms with Crippen molar-refractivity contribution in [1.82, 2.24) is 10.3 Å². The number of carbonyl (C=O) groups excluding carboxylic acids is 1. The highest BCUT2D eigenvalue weighted by Gasteiger charge is 2.32. The fourth-order valence-corrected chi connectivity index (χ4v) is 3.46. The Labute approximate surface area is 118 Å². The molecule has 106 valence electrons. The van der Waals surface area contributed by atoms with E-state index in [1.807, 2.05) is 5.38 Å². The lowest BCUT2D eigenvalue weighted by atomic mass is 9.71. The number of hydrogen-bond acceptors (Lipinski definition) is 4. The molecule has 0 atom stereocenters. The Balaban J connectivity index is 1.73. The summed E-state index contributed by atoms with van der Waals surface area (Å²) >= 11 is 1.63. The van der Waals surface area contributed by atoms with Gasteiger partial charge in [0.2, 0.25) is 5.91 Å². The zero-order valence-electron chi connectivity index (χ0n) is 11.4. The monoisotopic (exact) mass is 281 g/mol. The zero-order chi connectivity index (χ0) is 13.6. The normalized spacial score (nSPS) is 18.2. The van der Waals surface area contributed by atoms with E-state index in [4.69, 9.17) is 5.73 Å². The summed E-state index contributed by atoms with van der Waals surface area (Å²) in [6, 6.07) is 0. The first kappa shape index (κ1) is 14.5. The first-order chi connectivity index (χ1) is 9.24. The fourth-order valence-electron chi connectivity index (χ4n) is 2.84. The molecule has 19 heavy (non-hydrogen) atoms. The van der Waals surface area contributed by atoms with Crippen LogP contribution in [0.15, 0.2) is 11.6 Å². The Kier molecular flexibility index (Phi) is 5.34. The Morgan fingerprint density at radius 1 is 1.42 bits per heavy atom. The number of thiazole rings is 1. The van der Waals surface area contributed by atoms with E-state index in [0.29, 0.717) is 19.5 Å². The molecule has 0 unspecified atom stereocenters. The standard InChI is InChI=1S/C14H23N3OS/c15-11-14(5-2-1-3-6-14)10-12(18)16-7-4-13-17-8-9-19-13/h8-9H,1-7,10-11,15H2,(H,16,18). The van der Waals surface area contributed by atoms with Gasteiger partial charge in [-0.2, -0.15) is 0 Å². The van der Waals surface area contributed by atoms with Crippen molar-refractivity contribution in [1.29, 1.82) is 0 Å². The van der Waals surface area contributed by atoms with Gasteiger partial charge in [0.15, 0.2) is 0 Å². The van der Waals surface area contributed by atoms with E-state index in [1.54, 1.807) is 17.5 Å². The summed E-state index contributed by atoms with van der Waals surface area (Å²) in [6.07, 6.45) is 9.11. The van der Waals surface area contributed by atoms with Gasteiger partial charge < -0.3 is 11.1 Å². The summed E-state index contributed by atoms with van der Waals surface area (Å²) in [6.45, 7) is 1.31. The van der Waals surface area contributed by atoms with Crippen LogP contribution in [-0.2, 0) is 11.2 Å². The van der Waals surface area contributed by atoms with Crippen LogP contribution < -0.4 is 11.1 Å². The topological polar surface area (TPSA) is 68.0 Å². The molecule has 1 amide bonds. The second-order valence-electron chi connectivity index (χ2n) is 5.47. The van der Waals surface area contributed by atoms with Gasteiger partial charge in [0.1, 0.15) is 0 Å². The quantitative estimate of drug-likeness (QED) is 0.839. The molecular formula is C14H23N3OS. The summed E-state index contributed by atoms with van der Waals surface area (Å²) in [4.78, 5) is 16.2. The molecule has 0 radical (unpaired) electrons. The second kappa shape index (κ2) is 7.01. The van der Waals surface area contributed by atoms with Gasteiger partial charge in [-0.05, 0) is 24.8 Å². The van der Waals surface area contributed by atoms with Gasteiger partial charge in [0.25, 0.3) is 0 Å². The average Bonchev–Trinajstić information content (AvgIpc) is 2.93. The summed E-state index contributed by atoms with van der Waals surface area (Å²) in [7, 11) is 0. The van der Waals surface area contributed by atoms with Crippen molar-refractivity contribution < 1.29 is 4.79 Å². The number of nitrogens with one attached hydrogen (secondary N) is 1. The molecule has 2 rings (SSSR count). The van der Waals surface area contributed by atoms with Crippen molar-refractivity contribution in [3.05, 3.63) is 16.6 Å². The zero-order valence-corrected chi connectivity index (χ0v) is 12.2. The third-order valence-electron chi connectivity index (χ3n) is 4.03. The van der Waals surface area contributed by atoms with Crippen LogP contribution >= 0.6 is 11.3 Å². The smallest absolute Gasteiger partial charge is 0.220 e. The van der Waals surface area contributed by atoms with Crippen LogP contribution in [0.1, 0.15) is 43.5 Å². The summed E-state index contributed by atoms with van der Waals surface area (Å²) in [5.74, 6) is 0.143. The van der Waals surface area contributed by atoms with Crippen LogP contribution in [0.5, 0.6) is 0 Å². The number of rotatable bonds is 6. The lowest BCUT2D eigenvalue weighted by molar-refractivity contribution is -0.123. The number of hydrogen-bond donors (Lipinski definition) is 2. The molecule has 4 nitrogen and oxygen atoms in total. The summed E-state index contributed by atoms with van der Waals surface area (Å²) in [5.41, 5.74) is 5.96. The lowest BCUT2D eigenvalue weighted by Gasteiger charge is -2.35. The van der Waals surface area contributed by atoms with Crippen LogP contribution in [0.2, 0.25) is 0 Å². The van der Waals surface area contributed by atoms with Crippen LogP contribution in [0, 0.1) is 5.41 Å². The van der Waals surface area contributed by atoms with Crippen LogP contribution in [-0.4, -0.2) is 24.0 Å². The molecular weight excluding hydrogens is 258 g/mol. The van der Waals surface area contributed by atoms with E-state index in [0.717, 1.165) is 24.3 Å². The number of carbonyl (C=O) groups is 1. The fraction of sp³-hybridized carbons (Fsp3) is 0.714. The van der Waals surface area contributed by atoms with Crippen molar-refractivity contribution in [3.8, 4) is 0 Å². The molecule has 0 aliphatic heterocycles. The summed E-state index contributed by atoms with van der Waals surface area (Å²) in [5, 5.41) is 6.04. The highest BCUT2D eigenvalue weighted by Crippen LogP contribution is 2.38. The lowest BCUT2D eigenvalue weighted by Crippen LogP contribution is -2.39. The minimum atomic E-state index is 0.0590. The van der Waals surface area contributed by atoms with Gasteiger partial charge in [-0.25, -0.2) is 4.98 Å². The molecule has 0 saturated heterocycles. The predicted molar refractivity (Wildman–Crippen MR) is 78.0 cm³/mol. The van der Waals surface area contributed by atoms with Crippen LogP contribution in [0.25, 0.3) is 0 Å². The second-order valence-corrected chi connectivity index (χ2v) is 6.45. The van der Waals surface area contributed by atoms with E-state index in [9.17, 15) is 4.79 Å². The molecule has 0 bridgehead atoms.